The first-order chi connectivity index (χ1) is 4.86. The smallest absolute Gasteiger partial charge is 0.139 e. The molecule has 0 aromatic carbocycles. The SMILES string of the molecule is O=C1C2CC[C@@H]3C[C@H]1[C@H]2C3. The standard InChI is InChI=1S/C9H12O/c10-9-6-2-1-5-3-7(6)8(9)4-5/h5-8H,1-4H2/t5-,6?,7-,8-/m0/s1. The highest BCUT2D eigenvalue weighted by Crippen LogP contribution is 2.57. The summed E-state index contributed by atoms with van der Waals surface area (Å²) in [6.45, 7) is 0. The molecule has 0 radical (unpaired) electrons. The molecule has 3 fully saturated rings. The van der Waals surface area contributed by atoms with Gasteiger partial charge in [-0.1, -0.05) is 0 Å². The average molecular weight is 136 g/mol. The maximum atomic E-state index is 11.3. The third-order valence-corrected chi connectivity index (χ3v) is 3.84. The molecule has 10 heavy (non-hydrogen) atoms. The molecule has 0 spiro atoms. The van der Waals surface area contributed by atoms with Crippen molar-refractivity contribution in [2.75, 3.05) is 0 Å². The Labute approximate surface area is 60.8 Å². The summed E-state index contributed by atoms with van der Waals surface area (Å²) < 4.78 is 0. The minimum atomic E-state index is 0.531. The molecule has 0 heterocycles. The van der Waals surface area contributed by atoms with E-state index in [4.69, 9.17) is 0 Å². The van der Waals surface area contributed by atoms with Crippen molar-refractivity contribution in [1.82, 2.24) is 0 Å². The van der Waals surface area contributed by atoms with Crippen LogP contribution in [0.25, 0.3) is 0 Å². The quantitative estimate of drug-likeness (QED) is 0.494. The summed E-state index contributed by atoms with van der Waals surface area (Å²) in [4.78, 5) is 11.3. The molecule has 0 saturated heterocycles. The van der Waals surface area contributed by atoms with E-state index in [2.05, 4.69) is 0 Å². The molecule has 54 valence electrons. The van der Waals surface area contributed by atoms with E-state index in [0.29, 0.717) is 17.6 Å². The molecular weight excluding hydrogens is 124 g/mol. The molecule has 3 rings (SSSR count). The summed E-state index contributed by atoms with van der Waals surface area (Å²) in [5.74, 6) is 3.48. The number of carbonyl (C=O) groups excluding carboxylic acids is 1. The molecule has 1 unspecified atom stereocenters. The Hall–Kier alpha value is -0.330. The van der Waals surface area contributed by atoms with Crippen molar-refractivity contribution >= 4 is 5.78 Å². The fourth-order valence-corrected chi connectivity index (χ4v) is 3.33. The Morgan fingerprint density at radius 3 is 2.90 bits per heavy atom. The molecule has 0 N–H and O–H groups in total. The van der Waals surface area contributed by atoms with E-state index in [1.54, 1.807) is 0 Å². The fraction of sp³-hybridized carbons (Fsp3) is 0.889. The number of carbonyl (C=O) groups is 1. The Morgan fingerprint density at radius 1 is 1.10 bits per heavy atom. The van der Waals surface area contributed by atoms with Crippen molar-refractivity contribution < 1.29 is 4.79 Å². The summed E-state index contributed by atoms with van der Waals surface area (Å²) in [5.41, 5.74) is 0. The predicted molar refractivity (Wildman–Crippen MR) is 37.4 cm³/mol. The lowest BCUT2D eigenvalue weighted by Crippen LogP contribution is -2.44. The first-order valence-corrected chi connectivity index (χ1v) is 4.40. The van der Waals surface area contributed by atoms with Gasteiger partial charge in [0.15, 0.2) is 0 Å². The van der Waals surface area contributed by atoms with Crippen LogP contribution in [0.2, 0.25) is 0 Å². The molecule has 0 aromatic heterocycles. The van der Waals surface area contributed by atoms with Gasteiger partial charge in [0.1, 0.15) is 5.78 Å². The molecular formula is C9H12O. The van der Waals surface area contributed by atoms with Crippen LogP contribution in [0.4, 0.5) is 0 Å². The van der Waals surface area contributed by atoms with E-state index < -0.39 is 0 Å². The lowest BCUT2D eigenvalue weighted by molar-refractivity contribution is -0.141. The van der Waals surface area contributed by atoms with Crippen LogP contribution in [0, 0.1) is 23.7 Å². The Balaban J connectivity index is 2.00. The van der Waals surface area contributed by atoms with E-state index in [1.165, 1.54) is 25.7 Å². The third-order valence-electron chi connectivity index (χ3n) is 3.84. The average Bonchev–Trinajstić information content (AvgIpc) is 2.12. The maximum absolute atomic E-state index is 11.3. The van der Waals surface area contributed by atoms with E-state index in [1.807, 2.05) is 0 Å². The molecule has 3 saturated carbocycles. The molecule has 3 aliphatic carbocycles. The van der Waals surface area contributed by atoms with Gasteiger partial charge in [0.2, 0.25) is 0 Å². The number of Topliss-reactive ketones (excluding diaryl/α,β-unsaturated/α-hetero) is 1. The van der Waals surface area contributed by atoms with Gasteiger partial charge in [-0.15, -0.1) is 0 Å². The monoisotopic (exact) mass is 136 g/mol. The molecule has 0 amide bonds. The summed E-state index contributed by atoms with van der Waals surface area (Å²) in [7, 11) is 0. The van der Waals surface area contributed by atoms with Gasteiger partial charge in [-0.05, 0) is 37.5 Å². The summed E-state index contributed by atoms with van der Waals surface area (Å²) in [6.07, 6.45) is 5.22. The molecule has 1 heteroatoms. The lowest BCUT2D eigenvalue weighted by Gasteiger charge is -2.39. The number of fused-ring (bicyclic) bond motifs is 1. The van der Waals surface area contributed by atoms with Gasteiger partial charge < -0.3 is 0 Å². The zero-order valence-electron chi connectivity index (χ0n) is 6.05. The fourth-order valence-electron chi connectivity index (χ4n) is 3.33. The topological polar surface area (TPSA) is 17.1 Å². The van der Waals surface area contributed by atoms with Crippen molar-refractivity contribution in [2.45, 2.75) is 25.7 Å². The van der Waals surface area contributed by atoms with Crippen LogP contribution in [0.15, 0.2) is 0 Å². The number of hydrogen-bond acceptors (Lipinski definition) is 1. The highest BCUT2D eigenvalue weighted by molar-refractivity contribution is 5.90. The largest absolute Gasteiger partial charge is 0.299 e. The Morgan fingerprint density at radius 2 is 2.00 bits per heavy atom. The van der Waals surface area contributed by atoms with Gasteiger partial charge in [-0.3, -0.25) is 4.79 Å². The van der Waals surface area contributed by atoms with Crippen LogP contribution in [0.1, 0.15) is 25.7 Å². The van der Waals surface area contributed by atoms with Crippen LogP contribution in [-0.2, 0) is 4.79 Å². The molecule has 1 nitrogen and oxygen atoms in total. The lowest BCUT2D eigenvalue weighted by atomic mass is 9.63. The van der Waals surface area contributed by atoms with E-state index in [-0.39, 0.29) is 0 Å². The molecule has 4 atom stereocenters. The number of hydrogen-bond donors (Lipinski definition) is 0. The third kappa shape index (κ3) is 0.415. The Kier molecular flexibility index (Phi) is 0.781. The van der Waals surface area contributed by atoms with Crippen LogP contribution >= 0.6 is 0 Å². The van der Waals surface area contributed by atoms with Gasteiger partial charge >= 0.3 is 0 Å². The summed E-state index contributed by atoms with van der Waals surface area (Å²) in [6, 6.07) is 0. The first kappa shape index (κ1) is 5.34. The van der Waals surface area contributed by atoms with E-state index >= 15 is 0 Å². The summed E-state index contributed by atoms with van der Waals surface area (Å²) >= 11 is 0. The first-order valence-electron chi connectivity index (χ1n) is 4.40. The van der Waals surface area contributed by atoms with Crippen LogP contribution < -0.4 is 0 Å². The second-order valence-electron chi connectivity index (χ2n) is 4.19. The maximum Gasteiger partial charge on any atom is 0.139 e. The van der Waals surface area contributed by atoms with Crippen LogP contribution in [0.3, 0.4) is 0 Å². The van der Waals surface area contributed by atoms with Gasteiger partial charge in [0, 0.05) is 11.8 Å². The van der Waals surface area contributed by atoms with E-state index in [0.717, 1.165) is 11.8 Å². The summed E-state index contributed by atoms with van der Waals surface area (Å²) in [5, 5.41) is 0. The van der Waals surface area contributed by atoms with Crippen molar-refractivity contribution in [3.05, 3.63) is 0 Å². The number of ketones is 1. The molecule has 0 aliphatic heterocycles. The van der Waals surface area contributed by atoms with Crippen LogP contribution in [0.5, 0.6) is 0 Å². The molecule has 0 aromatic rings. The minimum Gasteiger partial charge on any atom is -0.299 e. The van der Waals surface area contributed by atoms with Crippen molar-refractivity contribution in [3.8, 4) is 0 Å². The van der Waals surface area contributed by atoms with E-state index in [9.17, 15) is 4.79 Å². The van der Waals surface area contributed by atoms with Crippen molar-refractivity contribution in [2.24, 2.45) is 23.7 Å². The minimum absolute atomic E-state index is 0.531. The molecule has 2 bridgehead atoms. The highest BCUT2D eigenvalue weighted by atomic mass is 16.1. The zero-order chi connectivity index (χ0) is 6.72. The van der Waals surface area contributed by atoms with Crippen molar-refractivity contribution in [1.29, 1.82) is 0 Å². The Bertz CT molecular complexity index is 189. The van der Waals surface area contributed by atoms with Crippen LogP contribution in [-0.4, -0.2) is 5.78 Å². The van der Waals surface area contributed by atoms with Gasteiger partial charge in [0.05, 0.1) is 0 Å². The van der Waals surface area contributed by atoms with Gasteiger partial charge in [-0.2, -0.15) is 0 Å². The zero-order valence-corrected chi connectivity index (χ0v) is 6.05. The molecule has 3 aliphatic rings. The predicted octanol–water partition coefficient (Wildman–Crippen LogP) is 1.62. The second-order valence-corrected chi connectivity index (χ2v) is 4.19. The van der Waals surface area contributed by atoms with Gasteiger partial charge in [0.25, 0.3) is 0 Å². The highest BCUT2D eigenvalue weighted by Gasteiger charge is 2.56. The van der Waals surface area contributed by atoms with Gasteiger partial charge in [-0.25, -0.2) is 0 Å². The second kappa shape index (κ2) is 1.46. The number of rotatable bonds is 0. The van der Waals surface area contributed by atoms with Crippen molar-refractivity contribution in [3.63, 3.8) is 0 Å². The normalized spacial score (nSPS) is 56.6.